The quantitative estimate of drug-likeness (QED) is 0.678. The predicted molar refractivity (Wildman–Crippen MR) is 102 cm³/mol. The lowest BCUT2D eigenvalue weighted by Crippen LogP contribution is -2.31. The number of amides is 1. The molecule has 1 aromatic heterocycles. The van der Waals surface area contributed by atoms with Gasteiger partial charge in [0, 0.05) is 18.1 Å². The molecular formula is C19H18ClN3OS. The van der Waals surface area contributed by atoms with Crippen LogP contribution in [0.15, 0.2) is 53.7 Å². The number of carbonyl (C=O) groups is 1. The van der Waals surface area contributed by atoms with Crippen LogP contribution < -0.4 is 0 Å². The number of rotatable bonds is 4. The molecule has 0 bridgehead atoms. The number of aromatic amines is 1. The number of halogens is 1. The third-order valence-corrected chi connectivity index (χ3v) is 5.76. The molecule has 1 amide bonds. The van der Waals surface area contributed by atoms with Gasteiger partial charge in [0.25, 0.3) is 0 Å². The Bertz CT molecular complexity index is 890. The molecule has 4 nitrogen and oxygen atoms in total. The number of nitrogens with zero attached hydrogens (tertiary/aromatic N) is 2. The molecule has 1 saturated heterocycles. The van der Waals surface area contributed by atoms with Gasteiger partial charge in [-0.1, -0.05) is 53.7 Å². The Morgan fingerprint density at radius 3 is 2.68 bits per heavy atom. The van der Waals surface area contributed by atoms with Crippen molar-refractivity contribution in [2.24, 2.45) is 0 Å². The average Bonchev–Trinajstić information content (AvgIpc) is 3.29. The van der Waals surface area contributed by atoms with Crippen molar-refractivity contribution in [2.45, 2.75) is 23.2 Å². The van der Waals surface area contributed by atoms with E-state index in [-0.39, 0.29) is 11.2 Å². The maximum Gasteiger partial charge on any atom is 0.240 e. The Morgan fingerprint density at radius 2 is 1.92 bits per heavy atom. The Labute approximate surface area is 155 Å². The van der Waals surface area contributed by atoms with Gasteiger partial charge in [-0.15, -0.1) is 0 Å². The van der Waals surface area contributed by atoms with E-state index < -0.39 is 0 Å². The lowest BCUT2D eigenvalue weighted by molar-refractivity contribution is -0.129. The lowest BCUT2D eigenvalue weighted by Gasteiger charge is -2.22. The van der Waals surface area contributed by atoms with Gasteiger partial charge in [0.1, 0.15) is 5.25 Å². The number of hydrogen-bond acceptors (Lipinski definition) is 3. The van der Waals surface area contributed by atoms with Crippen LogP contribution in [0.3, 0.4) is 0 Å². The second-order valence-corrected chi connectivity index (χ2v) is 7.67. The predicted octanol–water partition coefficient (Wildman–Crippen LogP) is 4.67. The average molecular weight is 372 g/mol. The van der Waals surface area contributed by atoms with Crippen molar-refractivity contribution >= 4 is 40.3 Å². The van der Waals surface area contributed by atoms with Crippen LogP contribution >= 0.6 is 23.4 Å². The summed E-state index contributed by atoms with van der Waals surface area (Å²) < 4.78 is 0. The van der Waals surface area contributed by atoms with Gasteiger partial charge < -0.3 is 9.88 Å². The summed E-state index contributed by atoms with van der Waals surface area (Å²) in [6, 6.07) is 15.5. The van der Waals surface area contributed by atoms with E-state index in [9.17, 15) is 4.79 Å². The molecule has 0 saturated carbocycles. The molecule has 128 valence electrons. The molecule has 1 fully saturated rings. The summed E-state index contributed by atoms with van der Waals surface area (Å²) in [5, 5.41) is 1.11. The number of nitrogens with one attached hydrogen (secondary N) is 1. The number of fused-ring (bicyclic) bond motifs is 1. The summed E-state index contributed by atoms with van der Waals surface area (Å²) in [6.07, 6.45) is 2.17. The Morgan fingerprint density at radius 1 is 1.16 bits per heavy atom. The highest BCUT2D eigenvalue weighted by molar-refractivity contribution is 8.00. The standard InChI is InChI=1S/C19H18ClN3OS/c20-14-8-9-15-16(12-14)22-19(21-15)25-17(13-6-2-1-3-7-13)18(24)23-10-4-5-11-23/h1-3,6-9,12,17H,4-5,10-11H2,(H,21,22)/t17-/m0/s1. The maximum absolute atomic E-state index is 13.1. The second kappa shape index (κ2) is 7.10. The number of likely N-dealkylation sites (tertiary alicyclic amines) is 1. The van der Waals surface area contributed by atoms with Gasteiger partial charge in [-0.25, -0.2) is 4.98 Å². The number of H-pyrrole nitrogens is 1. The van der Waals surface area contributed by atoms with Gasteiger partial charge in [0.2, 0.25) is 5.91 Å². The van der Waals surface area contributed by atoms with Crippen LogP contribution in [0.1, 0.15) is 23.7 Å². The fourth-order valence-electron chi connectivity index (χ4n) is 3.12. The Balaban J connectivity index is 1.66. The third-order valence-electron chi connectivity index (χ3n) is 4.40. The van der Waals surface area contributed by atoms with Crippen LogP contribution in [0, 0.1) is 0 Å². The van der Waals surface area contributed by atoms with E-state index in [1.54, 1.807) is 0 Å². The van der Waals surface area contributed by atoms with Crippen LogP contribution in [-0.2, 0) is 4.79 Å². The fraction of sp³-hybridized carbons (Fsp3) is 0.263. The minimum absolute atomic E-state index is 0.159. The highest BCUT2D eigenvalue weighted by atomic mass is 35.5. The SMILES string of the molecule is O=C([C@@H](Sc1nc2ccc(Cl)cc2[nH]1)c1ccccc1)N1CCCC1. The van der Waals surface area contributed by atoms with Crippen molar-refractivity contribution in [3.63, 3.8) is 0 Å². The summed E-state index contributed by atoms with van der Waals surface area (Å²) in [6.45, 7) is 1.69. The van der Waals surface area contributed by atoms with Gasteiger partial charge in [-0.2, -0.15) is 0 Å². The molecule has 25 heavy (non-hydrogen) atoms. The molecule has 0 radical (unpaired) electrons. The summed E-state index contributed by atoms with van der Waals surface area (Å²) in [4.78, 5) is 22.9. The topological polar surface area (TPSA) is 49.0 Å². The van der Waals surface area contributed by atoms with E-state index in [0.717, 1.165) is 47.7 Å². The minimum atomic E-state index is -0.296. The monoisotopic (exact) mass is 371 g/mol. The van der Waals surface area contributed by atoms with Crippen LogP contribution in [0.2, 0.25) is 5.02 Å². The highest BCUT2D eigenvalue weighted by Crippen LogP contribution is 2.37. The van der Waals surface area contributed by atoms with Gasteiger partial charge in [0.05, 0.1) is 11.0 Å². The number of aromatic nitrogens is 2. The first-order valence-corrected chi connectivity index (χ1v) is 9.62. The van der Waals surface area contributed by atoms with Gasteiger partial charge in [0.15, 0.2) is 5.16 Å². The van der Waals surface area contributed by atoms with E-state index in [1.165, 1.54) is 11.8 Å². The molecular weight excluding hydrogens is 354 g/mol. The maximum atomic E-state index is 13.1. The molecule has 1 N–H and O–H groups in total. The first-order valence-electron chi connectivity index (χ1n) is 8.36. The van der Waals surface area contributed by atoms with Crippen molar-refractivity contribution < 1.29 is 4.79 Å². The summed E-state index contributed by atoms with van der Waals surface area (Å²) in [5.74, 6) is 0.159. The van der Waals surface area contributed by atoms with E-state index in [2.05, 4.69) is 9.97 Å². The molecule has 4 rings (SSSR count). The van der Waals surface area contributed by atoms with E-state index in [1.807, 2.05) is 53.4 Å². The molecule has 3 aromatic rings. The molecule has 6 heteroatoms. The largest absolute Gasteiger partial charge is 0.341 e. The molecule has 1 aliphatic heterocycles. The molecule has 2 heterocycles. The number of carbonyl (C=O) groups excluding carboxylic acids is 1. The summed E-state index contributed by atoms with van der Waals surface area (Å²) in [7, 11) is 0. The number of thioether (sulfide) groups is 1. The van der Waals surface area contributed by atoms with Crippen LogP contribution in [0.4, 0.5) is 0 Å². The van der Waals surface area contributed by atoms with E-state index >= 15 is 0 Å². The van der Waals surface area contributed by atoms with E-state index in [4.69, 9.17) is 11.6 Å². The third kappa shape index (κ3) is 3.53. The zero-order valence-electron chi connectivity index (χ0n) is 13.6. The highest BCUT2D eigenvalue weighted by Gasteiger charge is 2.29. The lowest BCUT2D eigenvalue weighted by atomic mass is 10.1. The molecule has 0 aliphatic carbocycles. The van der Waals surface area contributed by atoms with Crippen LogP contribution in [0.25, 0.3) is 11.0 Å². The van der Waals surface area contributed by atoms with Gasteiger partial charge in [-0.05, 0) is 36.6 Å². The van der Waals surface area contributed by atoms with E-state index in [0.29, 0.717) is 5.02 Å². The Hall–Kier alpha value is -1.98. The van der Waals surface area contributed by atoms with Gasteiger partial charge >= 0.3 is 0 Å². The van der Waals surface area contributed by atoms with Crippen molar-refractivity contribution in [1.82, 2.24) is 14.9 Å². The molecule has 1 atom stereocenters. The summed E-state index contributed by atoms with van der Waals surface area (Å²) in [5.41, 5.74) is 2.74. The van der Waals surface area contributed by atoms with Crippen LogP contribution in [0.5, 0.6) is 0 Å². The number of benzene rings is 2. The zero-order valence-corrected chi connectivity index (χ0v) is 15.2. The normalized spacial score (nSPS) is 15.6. The molecule has 0 unspecified atom stereocenters. The van der Waals surface area contributed by atoms with Crippen molar-refractivity contribution in [2.75, 3.05) is 13.1 Å². The minimum Gasteiger partial charge on any atom is -0.341 e. The Kier molecular flexibility index (Phi) is 4.68. The number of hydrogen-bond donors (Lipinski definition) is 1. The van der Waals surface area contributed by atoms with Crippen molar-refractivity contribution in [3.8, 4) is 0 Å². The molecule has 0 spiro atoms. The van der Waals surface area contributed by atoms with Crippen LogP contribution in [-0.4, -0.2) is 33.9 Å². The molecule has 2 aromatic carbocycles. The zero-order chi connectivity index (χ0) is 17.2. The number of imidazole rings is 1. The fourth-order valence-corrected chi connectivity index (χ4v) is 4.38. The molecule has 1 aliphatic rings. The van der Waals surface area contributed by atoms with Gasteiger partial charge in [-0.3, -0.25) is 4.79 Å². The smallest absolute Gasteiger partial charge is 0.240 e. The summed E-state index contributed by atoms with van der Waals surface area (Å²) >= 11 is 7.52. The van der Waals surface area contributed by atoms with Crippen molar-refractivity contribution in [1.29, 1.82) is 0 Å². The second-order valence-electron chi connectivity index (χ2n) is 6.14. The van der Waals surface area contributed by atoms with Crippen molar-refractivity contribution in [3.05, 3.63) is 59.1 Å². The first-order chi connectivity index (χ1) is 12.2. The first kappa shape index (κ1) is 16.5.